The van der Waals surface area contributed by atoms with Gasteiger partial charge in [-0.15, -0.1) is 0 Å². The number of rotatable bonds is 2. The first kappa shape index (κ1) is 11.5. The van der Waals surface area contributed by atoms with E-state index >= 15 is 0 Å². The molecular formula is C12H9ClFN3. The summed E-state index contributed by atoms with van der Waals surface area (Å²) in [5.41, 5.74) is 7.54. The predicted molar refractivity (Wildman–Crippen MR) is 67.3 cm³/mol. The van der Waals surface area contributed by atoms with E-state index in [-0.39, 0.29) is 5.82 Å². The van der Waals surface area contributed by atoms with Crippen LogP contribution in [0.1, 0.15) is 5.56 Å². The number of aliphatic imine (C=N–C) groups is 1. The third-order valence-electron chi connectivity index (χ3n) is 2.11. The average Bonchev–Trinajstić information content (AvgIpc) is 2.30. The number of nitrogens with zero attached hydrogens (tertiary/aromatic N) is 2. The molecular weight excluding hydrogens is 241 g/mol. The van der Waals surface area contributed by atoms with E-state index in [1.807, 2.05) is 0 Å². The van der Waals surface area contributed by atoms with Crippen molar-refractivity contribution in [2.75, 3.05) is 5.73 Å². The number of hydrogen-bond donors (Lipinski definition) is 1. The second kappa shape index (κ2) is 4.93. The van der Waals surface area contributed by atoms with Crippen LogP contribution in [0, 0.1) is 5.82 Å². The molecule has 0 amide bonds. The van der Waals surface area contributed by atoms with Gasteiger partial charge in [0.1, 0.15) is 11.0 Å². The van der Waals surface area contributed by atoms with Crippen LogP contribution < -0.4 is 5.73 Å². The van der Waals surface area contributed by atoms with Crippen LogP contribution in [0.5, 0.6) is 0 Å². The number of pyridine rings is 1. The number of nitrogens with two attached hydrogens (primary N) is 1. The molecule has 0 saturated heterocycles. The van der Waals surface area contributed by atoms with Gasteiger partial charge in [0.2, 0.25) is 0 Å². The lowest BCUT2D eigenvalue weighted by atomic mass is 10.2. The molecule has 0 spiro atoms. The van der Waals surface area contributed by atoms with Crippen LogP contribution in [-0.4, -0.2) is 11.2 Å². The largest absolute Gasteiger partial charge is 0.398 e. The van der Waals surface area contributed by atoms with Gasteiger partial charge >= 0.3 is 0 Å². The van der Waals surface area contributed by atoms with Gasteiger partial charge in [0.15, 0.2) is 0 Å². The van der Waals surface area contributed by atoms with E-state index in [1.54, 1.807) is 24.4 Å². The maximum absolute atomic E-state index is 12.7. The molecule has 2 rings (SSSR count). The maximum Gasteiger partial charge on any atom is 0.131 e. The van der Waals surface area contributed by atoms with E-state index in [0.717, 1.165) is 0 Å². The Kier molecular flexibility index (Phi) is 3.35. The number of hydrogen-bond acceptors (Lipinski definition) is 3. The van der Waals surface area contributed by atoms with Crippen molar-refractivity contribution in [2.45, 2.75) is 0 Å². The van der Waals surface area contributed by atoms with Crippen LogP contribution in [-0.2, 0) is 0 Å². The lowest BCUT2D eigenvalue weighted by Crippen LogP contribution is -1.94. The highest BCUT2D eigenvalue weighted by Crippen LogP contribution is 2.16. The van der Waals surface area contributed by atoms with E-state index < -0.39 is 0 Å². The molecule has 0 aliphatic heterocycles. The molecule has 0 aliphatic rings. The first-order valence-corrected chi connectivity index (χ1v) is 5.23. The number of halogens is 2. The summed E-state index contributed by atoms with van der Waals surface area (Å²) in [6.45, 7) is 0. The monoisotopic (exact) mass is 249 g/mol. The molecule has 0 unspecified atom stereocenters. The minimum Gasteiger partial charge on any atom is -0.398 e. The number of benzene rings is 1. The smallest absolute Gasteiger partial charge is 0.131 e. The molecule has 1 aromatic heterocycles. The number of anilines is 1. The normalized spacial score (nSPS) is 10.9. The summed E-state index contributed by atoms with van der Waals surface area (Å²) < 4.78 is 12.7. The molecule has 2 aromatic rings. The fourth-order valence-corrected chi connectivity index (χ4v) is 1.40. The Morgan fingerprint density at radius 3 is 2.65 bits per heavy atom. The third kappa shape index (κ3) is 3.01. The fourth-order valence-electron chi connectivity index (χ4n) is 1.23. The minimum absolute atomic E-state index is 0.295. The highest BCUT2D eigenvalue weighted by molar-refractivity contribution is 6.29. The van der Waals surface area contributed by atoms with Gasteiger partial charge in [-0.25, -0.2) is 9.37 Å². The second-order valence-electron chi connectivity index (χ2n) is 3.37. The summed E-state index contributed by atoms with van der Waals surface area (Å²) in [4.78, 5) is 8.05. The van der Waals surface area contributed by atoms with Crippen molar-refractivity contribution in [1.29, 1.82) is 0 Å². The molecule has 2 N–H and O–H groups in total. The first-order valence-electron chi connectivity index (χ1n) is 4.86. The zero-order valence-electron chi connectivity index (χ0n) is 8.77. The van der Waals surface area contributed by atoms with E-state index in [2.05, 4.69) is 9.98 Å². The summed E-state index contributed by atoms with van der Waals surface area (Å²) in [6.07, 6.45) is 3.09. The zero-order valence-corrected chi connectivity index (χ0v) is 9.53. The highest BCUT2D eigenvalue weighted by atomic mass is 35.5. The van der Waals surface area contributed by atoms with Gasteiger partial charge in [-0.2, -0.15) is 0 Å². The molecule has 1 aromatic carbocycles. The molecule has 0 saturated carbocycles. The zero-order chi connectivity index (χ0) is 12.3. The molecule has 0 fully saturated rings. The van der Waals surface area contributed by atoms with Crippen molar-refractivity contribution in [3.63, 3.8) is 0 Å². The van der Waals surface area contributed by atoms with Crippen molar-refractivity contribution in [1.82, 2.24) is 4.98 Å². The summed E-state index contributed by atoms with van der Waals surface area (Å²) >= 11 is 5.67. The van der Waals surface area contributed by atoms with Crippen LogP contribution in [0.25, 0.3) is 0 Å². The summed E-state index contributed by atoms with van der Waals surface area (Å²) in [7, 11) is 0. The topological polar surface area (TPSA) is 51.3 Å². The Balaban J connectivity index is 2.23. The van der Waals surface area contributed by atoms with Gasteiger partial charge in [0, 0.05) is 23.7 Å². The van der Waals surface area contributed by atoms with E-state index in [1.165, 1.54) is 18.3 Å². The summed E-state index contributed by atoms with van der Waals surface area (Å²) in [5.74, 6) is -0.295. The fraction of sp³-hybridized carbons (Fsp3) is 0. The van der Waals surface area contributed by atoms with Crippen molar-refractivity contribution >= 4 is 29.2 Å². The van der Waals surface area contributed by atoms with Crippen molar-refractivity contribution in [2.24, 2.45) is 4.99 Å². The average molecular weight is 250 g/mol. The predicted octanol–water partition coefficient (Wildman–Crippen LogP) is 3.21. The molecule has 0 bridgehead atoms. The van der Waals surface area contributed by atoms with Crippen molar-refractivity contribution in [3.05, 3.63) is 53.1 Å². The lowest BCUT2D eigenvalue weighted by Gasteiger charge is -1.99. The van der Waals surface area contributed by atoms with Crippen LogP contribution in [0.4, 0.5) is 15.8 Å². The van der Waals surface area contributed by atoms with Gasteiger partial charge in [0.25, 0.3) is 0 Å². The molecule has 86 valence electrons. The van der Waals surface area contributed by atoms with Gasteiger partial charge in [-0.3, -0.25) is 4.99 Å². The lowest BCUT2D eigenvalue weighted by molar-refractivity contribution is 0.628. The molecule has 5 heteroatoms. The van der Waals surface area contributed by atoms with Crippen LogP contribution in [0.3, 0.4) is 0 Å². The first-order chi connectivity index (χ1) is 8.15. The number of nitrogen functional groups attached to an aromatic ring is 1. The maximum atomic E-state index is 12.7. The molecule has 1 heterocycles. The Bertz CT molecular complexity index is 552. The van der Waals surface area contributed by atoms with Crippen molar-refractivity contribution in [3.8, 4) is 0 Å². The summed E-state index contributed by atoms with van der Waals surface area (Å²) in [5, 5.41) is 0.335. The highest BCUT2D eigenvalue weighted by Gasteiger charge is 1.98. The number of aromatic nitrogens is 1. The third-order valence-corrected chi connectivity index (χ3v) is 2.32. The van der Waals surface area contributed by atoms with E-state index in [9.17, 15) is 4.39 Å². The Hall–Kier alpha value is -1.94. The summed E-state index contributed by atoms with van der Waals surface area (Å²) in [6, 6.07) is 7.39. The standard InChI is InChI=1S/C12H9ClFN3/c13-12-5-11(15)8(7-17-12)6-16-10-3-1-9(14)2-4-10/h1-7H,(H2,15,17). The van der Waals surface area contributed by atoms with Gasteiger partial charge < -0.3 is 5.73 Å². The van der Waals surface area contributed by atoms with Crippen LogP contribution in [0.15, 0.2) is 41.5 Å². The van der Waals surface area contributed by atoms with Crippen LogP contribution in [0.2, 0.25) is 5.15 Å². The Labute approximate surface area is 103 Å². The molecule has 0 atom stereocenters. The van der Waals surface area contributed by atoms with Crippen LogP contribution >= 0.6 is 11.6 Å². The second-order valence-corrected chi connectivity index (χ2v) is 3.76. The van der Waals surface area contributed by atoms with Gasteiger partial charge in [-0.1, -0.05) is 11.6 Å². The minimum atomic E-state index is -0.295. The molecule has 3 nitrogen and oxygen atoms in total. The molecule has 17 heavy (non-hydrogen) atoms. The molecule has 0 radical (unpaired) electrons. The van der Waals surface area contributed by atoms with Gasteiger partial charge in [-0.05, 0) is 30.3 Å². The van der Waals surface area contributed by atoms with Crippen molar-refractivity contribution < 1.29 is 4.39 Å². The quantitative estimate of drug-likeness (QED) is 0.656. The van der Waals surface area contributed by atoms with Gasteiger partial charge in [0.05, 0.1) is 5.69 Å². The Morgan fingerprint density at radius 2 is 2.00 bits per heavy atom. The Morgan fingerprint density at radius 1 is 1.29 bits per heavy atom. The SMILES string of the molecule is Nc1cc(Cl)ncc1C=Nc1ccc(F)cc1. The van der Waals surface area contributed by atoms with E-state index in [4.69, 9.17) is 17.3 Å². The van der Waals surface area contributed by atoms with E-state index in [0.29, 0.717) is 22.1 Å². The molecule has 0 aliphatic carbocycles.